The first-order valence-electron chi connectivity index (χ1n) is 6.73. The number of nitrogens with one attached hydrogen (secondary N) is 1. The molecule has 2 aromatic rings. The van der Waals surface area contributed by atoms with Crippen LogP contribution in [-0.2, 0) is 0 Å². The molecule has 0 saturated carbocycles. The summed E-state index contributed by atoms with van der Waals surface area (Å²) in [5, 5.41) is 3.22. The van der Waals surface area contributed by atoms with Gasteiger partial charge in [-0.05, 0) is 37.1 Å². The Labute approximate surface area is 120 Å². The van der Waals surface area contributed by atoms with Crippen molar-refractivity contribution in [3.8, 4) is 0 Å². The summed E-state index contributed by atoms with van der Waals surface area (Å²) < 4.78 is 0. The Hall–Kier alpha value is -1.51. The fourth-order valence-electron chi connectivity index (χ4n) is 1.97. The van der Waals surface area contributed by atoms with Crippen molar-refractivity contribution in [1.82, 2.24) is 5.32 Å². The van der Waals surface area contributed by atoms with E-state index in [-0.39, 0.29) is 0 Å². The van der Waals surface area contributed by atoms with Crippen LogP contribution in [0.4, 0.5) is 0 Å². The van der Waals surface area contributed by atoms with Crippen LogP contribution in [0, 0.1) is 0 Å². The third kappa shape index (κ3) is 4.58. The van der Waals surface area contributed by atoms with Gasteiger partial charge in [-0.3, -0.25) is 0 Å². The van der Waals surface area contributed by atoms with Crippen molar-refractivity contribution >= 4 is 17.1 Å². The summed E-state index contributed by atoms with van der Waals surface area (Å²) in [6.45, 7) is 2.50. The molecule has 1 aliphatic heterocycles. The van der Waals surface area contributed by atoms with Crippen LogP contribution < -0.4 is 5.32 Å². The lowest BCUT2D eigenvalue weighted by Crippen LogP contribution is -2.03. The van der Waals surface area contributed by atoms with Gasteiger partial charge in [0.05, 0.1) is 4.86 Å². The predicted octanol–water partition coefficient (Wildman–Crippen LogP) is 3.82. The molecule has 0 amide bonds. The van der Waals surface area contributed by atoms with Crippen LogP contribution in [0.2, 0.25) is 0 Å². The molecule has 0 spiro atoms. The molecule has 98 valence electrons. The molecule has 1 saturated heterocycles. The zero-order chi connectivity index (χ0) is 13.3. The minimum Gasteiger partial charge on any atom is -0.317 e. The standard InChI is InChI=1S/C13H10S.C4H9N/c14-13(11-7-3-1-4-8-11)12-9-5-2-6-10-12;1-2-4-5-3-1/h1-10H;5H,1-4H2. The van der Waals surface area contributed by atoms with Crippen molar-refractivity contribution in [3.05, 3.63) is 71.8 Å². The molecule has 19 heavy (non-hydrogen) atoms. The maximum atomic E-state index is 5.39. The van der Waals surface area contributed by atoms with Gasteiger partial charge in [0, 0.05) is 0 Å². The second-order valence-corrected chi connectivity index (χ2v) is 4.93. The van der Waals surface area contributed by atoms with Gasteiger partial charge in [0.2, 0.25) is 0 Å². The number of hydrogen-bond acceptors (Lipinski definition) is 2. The molecule has 0 radical (unpaired) electrons. The van der Waals surface area contributed by atoms with E-state index in [0.717, 1.165) is 16.0 Å². The normalized spacial score (nSPS) is 13.5. The van der Waals surface area contributed by atoms with E-state index in [1.54, 1.807) is 0 Å². The van der Waals surface area contributed by atoms with E-state index in [2.05, 4.69) is 5.32 Å². The Balaban J connectivity index is 0.000000224. The second kappa shape index (κ2) is 7.82. The summed E-state index contributed by atoms with van der Waals surface area (Å²) in [7, 11) is 0. The summed E-state index contributed by atoms with van der Waals surface area (Å²) in [5.41, 5.74) is 2.21. The molecular formula is C17H19NS. The highest BCUT2D eigenvalue weighted by molar-refractivity contribution is 7.81. The van der Waals surface area contributed by atoms with Crippen molar-refractivity contribution in [1.29, 1.82) is 0 Å². The van der Waals surface area contributed by atoms with Gasteiger partial charge in [0.25, 0.3) is 0 Å². The largest absolute Gasteiger partial charge is 0.317 e. The molecule has 1 N–H and O–H groups in total. The van der Waals surface area contributed by atoms with Crippen molar-refractivity contribution in [2.24, 2.45) is 0 Å². The molecule has 0 bridgehead atoms. The van der Waals surface area contributed by atoms with E-state index in [0.29, 0.717) is 0 Å². The highest BCUT2D eigenvalue weighted by atomic mass is 32.1. The van der Waals surface area contributed by atoms with Gasteiger partial charge >= 0.3 is 0 Å². The number of thiocarbonyl (C=S) groups is 1. The molecule has 1 heterocycles. The molecule has 0 aromatic heterocycles. The molecular weight excluding hydrogens is 250 g/mol. The summed E-state index contributed by atoms with van der Waals surface area (Å²) >= 11 is 5.39. The molecule has 1 aliphatic rings. The molecule has 1 fully saturated rings. The first kappa shape index (κ1) is 13.9. The molecule has 0 unspecified atom stereocenters. The fourth-order valence-corrected chi connectivity index (χ4v) is 2.24. The van der Waals surface area contributed by atoms with Gasteiger partial charge in [-0.1, -0.05) is 72.9 Å². The topological polar surface area (TPSA) is 12.0 Å². The molecule has 0 atom stereocenters. The average Bonchev–Trinajstić information content (AvgIpc) is 3.08. The highest BCUT2D eigenvalue weighted by Gasteiger charge is 2.01. The number of rotatable bonds is 2. The quantitative estimate of drug-likeness (QED) is 0.657. The van der Waals surface area contributed by atoms with E-state index in [1.165, 1.54) is 25.9 Å². The third-order valence-corrected chi connectivity index (χ3v) is 3.50. The van der Waals surface area contributed by atoms with Gasteiger partial charge in [0.15, 0.2) is 0 Å². The Bertz CT molecular complexity index is 440. The smallest absolute Gasteiger partial charge is 0.0521 e. The summed E-state index contributed by atoms with van der Waals surface area (Å²) in [4.78, 5) is 0.909. The maximum absolute atomic E-state index is 5.39. The van der Waals surface area contributed by atoms with Crippen LogP contribution in [0.5, 0.6) is 0 Å². The van der Waals surface area contributed by atoms with Gasteiger partial charge in [-0.2, -0.15) is 0 Å². The fraction of sp³-hybridized carbons (Fsp3) is 0.235. The van der Waals surface area contributed by atoms with Crippen molar-refractivity contribution < 1.29 is 0 Å². The molecule has 2 aromatic carbocycles. The van der Waals surface area contributed by atoms with Crippen LogP contribution >= 0.6 is 12.2 Å². The van der Waals surface area contributed by atoms with Crippen LogP contribution in [0.15, 0.2) is 60.7 Å². The van der Waals surface area contributed by atoms with Crippen molar-refractivity contribution in [2.75, 3.05) is 13.1 Å². The van der Waals surface area contributed by atoms with E-state index < -0.39 is 0 Å². The van der Waals surface area contributed by atoms with Crippen LogP contribution in [-0.4, -0.2) is 18.0 Å². The van der Waals surface area contributed by atoms with Crippen LogP contribution in [0.1, 0.15) is 24.0 Å². The van der Waals surface area contributed by atoms with Gasteiger partial charge in [-0.25, -0.2) is 0 Å². The lowest BCUT2D eigenvalue weighted by molar-refractivity contribution is 0.857. The zero-order valence-electron chi connectivity index (χ0n) is 11.0. The lowest BCUT2D eigenvalue weighted by Gasteiger charge is -2.02. The van der Waals surface area contributed by atoms with Gasteiger partial charge in [0.1, 0.15) is 0 Å². The van der Waals surface area contributed by atoms with E-state index in [9.17, 15) is 0 Å². The predicted molar refractivity (Wildman–Crippen MR) is 85.8 cm³/mol. The summed E-state index contributed by atoms with van der Waals surface area (Å²) in [6, 6.07) is 20.2. The van der Waals surface area contributed by atoms with Crippen LogP contribution in [0.25, 0.3) is 0 Å². The SMILES string of the molecule is C1CCNC1.S=C(c1ccccc1)c1ccccc1. The molecule has 2 heteroatoms. The van der Waals surface area contributed by atoms with Crippen LogP contribution in [0.3, 0.4) is 0 Å². The third-order valence-electron chi connectivity index (χ3n) is 3.03. The minimum atomic E-state index is 0.909. The monoisotopic (exact) mass is 269 g/mol. The van der Waals surface area contributed by atoms with Gasteiger partial charge < -0.3 is 5.32 Å². The molecule has 1 nitrogen and oxygen atoms in total. The Morgan fingerprint density at radius 2 is 1.16 bits per heavy atom. The van der Waals surface area contributed by atoms with Crippen molar-refractivity contribution in [2.45, 2.75) is 12.8 Å². The lowest BCUT2D eigenvalue weighted by atomic mass is 10.1. The van der Waals surface area contributed by atoms with Gasteiger partial charge in [-0.15, -0.1) is 0 Å². The second-order valence-electron chi connectivity index (χ2n) is 4.52. The van der Waals surface area contributed by atoms with E-state index in [4.69, 9.17) is 12.2 Å². The molecule has 0 aliphatic carbocycles. The van der Waals surface area contributed by atoms with E-state index in [1.807, 2.05) is 60.7 Å². The highest BCUT2D eigenvalue weighted by Crippen LogP contribution is 2.10. The zero-order valence-corrected chi connectivity index (χ0v) is 11.8. The average molecular weight is 269 g/mol. The van der Waals surface area contributed by atoms with Crippen molar-refractivity contribution in [3.63, 3.8) is 0 Å². The maximum Gasteiger partial charge on any atom is 0.0521 e. The Morgan fingerprint density at radius 1 is 0.737 bits per heavy atom. The summed E-state index contributed by atoms with van der Waals surface area (Å²) in [6.07, 6.45) is 2.78. The first-order chi connectivity index (χ1) is 9.38. The number of benzene rings is 2. The molecule has 3 rings (SSSR count). The first-order valence-corrected chi connectivity index (χ1v) is 7.14. The number of hydrogen-bond donors (Lipinski definition) is 1. The Kier molecular flexibility index (Phi) is 5.73. The van der Waals surface area contributed by atoms with E-state index >= 15 is 0 Å². The Morgan fingerprint density at radius 3 is 1.47 bits per heavy atom. The summed E-state index contributed by atoms with van der Waals surface area (Å²) in [5.74, 6) is 0. The minimum absolute atomic E-state index is 0.909.